The van der Waals surface area contributed by atoms with Gasteiger partial charge in [0.25, 0.3) is 0 Å². The number of nitrogens with zero attached hydrogens (tertiary/aromatic N) is 2. The minimum Gasteiger partial charge on any atom is -0.393 e. The summed E-state index contributed by atoms with van der Waals surface area (Å²) in [7, 11) is -1.25. The summed E-state index contributed by atoms with van der Waals surface area (Å²) in [5.74, 6) is 0.826. The first-order valence-electron chi connectivity index (χ1n) is 9.88. The van der Waals surface area contributed by atoms with E-state index in [0.717, 1.165) is 38.0 Å². The van der Waals surface area contributed by atoms with Crippen LogP contribution in [0.15, 0.2) is 29.3 Å². The van der Waals surface area contributed by atoms with Gasteiger partial charge in [-0.05, 0) is 37.3 Å². The SMILES string of the molecule is CN=C(NCc1ccc(CN2CCC(O)CC2)cc1)NC(C)CCS(C)(=O)=O. The molecule has 0 aromatic heterocycles. The molecule has 1 aliphatic heterocycles. The summed E-state index contributed by atoms with van der Waals surface area (Å²) in [5.41, 5.74) is 2.43. The van der Waals surface area contributed by atoms with E-state index >= 15 is 0 Å². The Morgan fingerprint density at radius 2 is 1.86 bits per heavy atom. The van der Waals surface area contributed by atoms with Crippen molar-refractivity contribution < 1.29 is 13.5 Å². The molecule has 28 heavy (non-hydrogen) atoms. The Morgan fingerprint density at radius 3 is 2.43 bits per heavy atom. The third-order valence-corrected chi connectivity index (χ3v) is 5.95. The van der Waals surface area contributed by atoms with Crippen LogP contribution in [0.2, 0.25) is 0 Å². The molecule has 3 N–H and O–H groups in total. The minimum absolute atomic E-state index is 0.0198. The van der Waals surface area contributed by atoms with Crippen LogP contribution in [0.5, 0.6) is 0 Å². The van der Waals surface area contributed by atoms with Crippen molar-refractivity contribution in [1.82, 2.24) is 15.5 Å². The predicted molar refractivity (Wildman–Crippen MR) is 114 cm³/mol. The molecule has 0 aliphatic carbocycles. The quantitative estimate of drug-likeness (QED) is 0.439. The van der Waals surface area contributed by atoms with Crippen molar-refractivity contribution in [3.63, 3.8) is 0 Å². The third-order valence-electron chi connectivity index (χ3n) is 4.97. The lowest BCUT2D eigenvalue weighted by atomic mass is 10.1. The van der Waals surface area contributed by atoms with E-state index in [1.807, 2.05) is 6.92 Å². The predicted octanol–water partition coefficient (Wildman–Crippen LogP) is 1.13. The van der Waals surface area contributed by atoms with Gasteiger partial charge in [0.2, 0.25) is 0 Å². The summed E-state index contributed by atoms with van der Waals surface area (Å²) in [6.07, 6.45) is 3.38. The first-order valence-corrected chi connectivity index (χ1v) is 11.9. The molecule has 1 heterocycles. The maximum atomic E-state index is 11.3. The maximum Gasteiger partial charge on any atom is 0.191 e. The topological polar surface area (TPSA) is 94.0 Å². The van der Waals surface area contributed by atoms with Crippen LogP contribution in [0, 0.1) is 0 Å². The number of aliphatic imine (C=N–C) groups is 1. The summed E-state index contributed by atoms with van der Waals surface area (Å²) >= 11 is 0. The van der Waals surface area contributed by atoms with E-state index in [1.165, 1.54) is 11.8 Å². The number of piperidine rings is 1. The first kappa shape index (κ1) is 22.6. The highest BCUT2D eigenvalue weighted by Crippen LogP contribution is 2.14. The lowest BCUT2D eigenvalue weighted by Crippen LogP contribution is -2.42. The number of hydrogen-bond acceptors (Lipinski definition) is 5. The maximum absolute atomic E-state index is 11.3. The molecule has 1 aromatic carbocycles. The zero-order valence-electron chi connectivity index (χ0n) is 17.2. The van der Waals surface area contributed by atoms with Gasteiger partial charge in [-0.25, -0.2) is 8.42 Å². The Balaban J connectivity index is 1.76. The molecule has 1 aromatic rings. The van der Waals surface area contributed by atoms with E-state index in [-0.39, 0.29) is 17.9 Å². The molecule has 1 atom stereocenters. The van der Waals surface area contributed by atoms with Gasteiger partial charge in [-0.1, -0.05) is 24.3 Å². The average Bonchev–Trinajstić information content (AvgIpc) is 2.66. The highest BCUT2D eigenvalue weighted by molar-refractivity contribution is 7.90. The molecule has 0 radical (unpaired) electrons. The first-order chi connectivity index (χ1) is 13.2. The summed E-state index contributed by atoms with van der Waals surface area (Å²) in [4.78, 5) is 6.59. The molecule has 1 fully saturated rings. The van der Waals surface area contributed by atoms with E-state index in [9.17, 15) is 13.5 Å². The van der Waals surface area contributed by atoms with Crippen molar-refractivity contribution in [1.29, 1.82) is 0 Å². The summed E-state index contributed by atoms with van der Waals surface area (Å²) in [5, 5.41) is 16.1. The van der Waals surface area contributed by atoms with E-state index in [1.54, 1.807) is 7.05 Å². The van der Waals surface area contributed by atoms with Gasteiger partial charge in [-0.3, -0.25) is 9.89 Å². The van der Waals surface area contributed by atoms with E-state index < -0.39 is 9.84 Å². The molecular weight excluding hydrogens is 376 g/mol. The van der Waals surface area contributed by atoms with Crippen molar-refractivity contribution in [2.75, 3.05) is 32.1 Å². The van der Waals surface area contributed by atoms with E-state index in [2.05, 4.69) is 44.8 Å². The van der Waals surface area contributed by atoms with Crippen LogP contribution in [-0.4, -0.2) is 68.7 Å². The number of rotatable bonds is 8. The van der Waals surface area contributed by atoms with Gasteiger partial charge in [0.15, 0.2) is 5.96 Å². The summed E-state index contributed by atoms with van der Waals surface area (Å²) in [6, 6.07) is 8.54. The molecule has 0 amide bonds. The van der Waals surface area contributed by atoms with Gasteiger partial charge in [-0.2, -0.15) is 0 Å². The zero-order valence-corrected chi connectivity index (χ0v) is 18.0. The number of aliphatic hydroxyl groups is 1. The smallest absolute Gasteiger partial charge is 0.191 e. The van der Waals surface area contributed by atoms with Crippen LogP contribution in [-0.2, 0) is 22.9 Å². The van der Waals surface area contributed by atoms with Crippen LogP contribution in [0.25, 0.3) is 0 Å². The van der Waals surface area contributed by atoms with E-state index in [4.69, 9.17) is 0 Å². The Bertz CT molecular complexity index is 726. The van der Waals surface area contributed by atoms with Crippen molar-refractivity contribution in [2.45, 2.75) is 51.4 Å². The van der Waals surface area contributed by atoms with Crippen LogP contribution in [0.3, 0.4) is 0 Å². The molecule has 1 unspecified atom stereocenters. The fourth-order valence-electron chi connectivity index (χ4n) is 3.18. The Hall–Kier alpha value is -1.64. The summed E-state index contributed by atoms with van der Waals surface area (Å²) in [6.45, 7) is 5.41. The summed E-state index contributed by atoms with van der Waals surface area (Å²) < 4.78 is 22.6. The molecule has 7 nitrogen and oxygen atoms in total. The molecule has 0 spiro atoms. The molecule has 8 heteroatoms. The Kier molecular flexibility index (Phi) is 8.72. The number of sulfone groups is 1. The molecule has 2 rings (SSSR count). The van der Waals surface area contributed by atoms with Gasteiger partial charge < -0.3 is 15.7 Å². The number of guanidine groups is 1. The van der Waals surface area contributed by atoms with Gasteiger partial charge in [0.1, 0.15) is 9.84 Å². The van der Waals surface area contributed by atoms with Crippen molar-refractivity contribution >= 4 is 15.8 Å². The fourth-order valence-corrected chi connectivity index (χ4v) is 3.96. The van der Waals surface area contributed by atoms with E-state index in [0.29, 0.717) is 18.9 Å². The molecular formula is C20H34N4O3S. The molecule has 158 valence electrons. The second-order valence-corrected chi connectivity index (χ2v) is 9.97. The monoisotopic (exact) mass is 410 g/mol. The number of likely N-dealkylation sites (tertiary alicyclic amines) is 1. The number of hydrogen-bond donors (Lipinski definition) is 3. The molecule has 0 saturated carbocycles. The Labute approximate surface area is 169 Å². The lowest BCUT2D eigenvalue weighted by molar-refractivity contribution is 0.0792. The van der Waals surface area contributed by atoms with Gasteiger partial charge in [0.05, 0.1) is 11.9 Å². The number of aliphatic hydroxyl groups excluding tert-OH is 1. The highest BCUT2D eigenvalue weighted by Gasteiger charge is 2.16. The second kappa shape index (κ2) is 10.8. The molecule has 0 bridgehead atoms. The molecule has 1 aliphatic rings. The lowest BCUT2D eigenvalue weighted by Gasteiger charge is -2.29. The fraction of sp³-hybridized carbons (Fsp3) is 0.650. The van der Waals surface area contributed by atoms with Crippen molar-refractivity contribution in [3.05, 3.63) is 35.4 Å². The zero-order chi connectivity index (χ0) is 20.6. The molecule has 1 saturated heterocycles. The van der Waals surface area contributed by atoms with Crippen molar-refractivity contribution in [2.24, 2.45) is 4.99 Å². The third kappa shape index (κ3) is 8.58. The minimum atomic E-state index is -2.95. The number of benzene rings is 1. The normalized spacial score (nSPS) is 18.1. The van der Waals surface area contributed by atoms with Crippen LogP contribution in [0.4, 0.5) is 0 Å². The van der Waals surface area contributed by atoms with Gasteiger partial charge in [0, 0.05) is 45.5 Å². The largest absolute Gasteiger partial charge is 0.393 e. The standard InChI is InChI=1S/C20H34N4O3S/c1-16(10-13-28(3,26)27)23-20(21-2)22-14-17-4-6-18(7-5-17)15-24-11-8-19(25)9-12-24/h4-7,16,19,25H,8-15H2,1-3H3,(H2,21,22,23). The van der Waals surface area contributed by atoms with Crippen LogP contribution >= 0.6 is 0 Å². The Morgan fingerprint density at radius 1 is 1.25 bits per heavy atom. The second-order valence-electron chi connectivity index (χ2n) is 7.71. The van der Waals surface area contributed by atoms with Crippen LogP contribution in [0.1, 0.15) is 37.3 Å². The van der Waals surface area contributed by atoms with Gasteiger partial charge >= 0.3 is 0 Å². The van der Waals surface area contributed by atoms with Gasteiger partial charge in [-0.15, -0.1) is 0 Å². The highest BCUT2D eigenvalue weighted by atomic mass is 32.2. The average molecular weight is 411 g/mol. The van der Waals surface area contributed by atoms with Crippen molar-refractivity contribution in [3.8, 4) is 0 Å². The van der Waals surface area contributed by atoms with Crippen LogP contribution < -0.4 is 10.6 Å². The number of nitrogens with one attached hydrogen (secondary N) is 2.